The molecule has 1 unspecified atom stereocenters. The van der Waals surface area contributed by atoms with Crippen molar-refractivity contribution in [1.29, 1.82) is 0 Å². The van der Waals surface area contributed by atoms with E-state index in [9.17, 15) is 0 Å². The molecule has 1 atom stereocenters. The molecule has 4 aromatic rings. The van der Waals surface area contributed by atoms with Crippen LogP contribution in [0.25, 0.3) is 22.2 Å². The molecule has 0 radical (unpaired) electrons. The van der Waals surface area contributed by atoms with E-state index >= 15 is 0 Å². The van der Waals surface area contributed by atoms with E-state index in [4.69, 9.17) is 4.74 Å². The topological polar surface area (TPSA) is 110 Å². The average molecular weight is 474 g/mol. The lowest BCUT2D eigenvalue weighted by atomic mass is 9.85. The molecule has 10 heteroatoms. The number of fused-ring (bicyclic) bond motifs is 1. The maximum Gasteiger partial charge on any atom is 0.149 e. The van der Waals surface area contributed by atoms with Gasteiger partial charge in [0.15, 0.2) is 0 Å². The number of aromatic nitrogens is 7. The van der Waals surface area contributed by atoms with E-state index in [1.165, 1.54) is 32.1 Å². The predicted molar refractivity (Wildman–Crippen MR) is 133 cm³/mol. The molecule has 2 fully saturated rings. The maximum atomic E-state index is 5.43. The zero-order valence-corrected chi connectivity index (χ0v) is 20.0. The van der Waals surface area contributed by atoms with Gasteiger partial charge in [0.1, 0.15) is 23.8 Å². The minimum absolute atomic E-state index is 0.456. The summed E-state index contributed by atoms with van der Waals surface area (Å²) in [4.78, 5) is 11.7. The molecule has 2 aliphatic rings. The minimum atomic E-state index is 0.456. The molecule has 1 saturated heterocycles. The average Bonchev–Trinajstić information content (AvgIpc) is 3.53. The van der Waals surface area contributed by atoms with Crippen molar-refractivity contribution in [3.8, 4) is 17.0 Å². The summed E-state index contributed by atoms with van der Waals surface area (Å²) in [6.45, 7) is 3.69. The molecule has 1 aromatic carbocycles. The van der Waals surface area contributed by atoms with Crippen molar-refractivity contribution in [2.24, 2.45) is 5.92 Å². The second-order valence-electron chi connectivity index (χ2n) is 9.66. The van der Waals surface area contributed by atoms with Crippen LogP contribution >= 0.6 is 0 Å². The number of hydrogen-bond acceptors (Lipinski definition) is 8. The molecule has 2 N–H and O–H groups in total. The highest BCUT2D eigenvalue weighted by molar-refractivity contribution is 5.94. The summed E-state index contributed by atoms with van der Waals surface area (Å²) in [6.07, 6.45) is 14.2. The van der Waals surface area contributed by atoms with Gasteiger partial charge >= 0.3 is 0 Å². The third-order valence-corrected chi connectivity index (χ3v) is 7.28. The van der Waals surface area contributed by atoms with E-state index in [0.29, 0.717) is 18.4 Å². The molecule has 1 aliphatic carbocycles. The Kier molecular flexibility index (Phi) is 6.03. The number of anilines is 1. The van der Waals surface area contributed by atoms with Gasteiger partial charge in [0.25, 0.3) is 0 Å². The molecule has 4 heterocycles. The largest absolute Gasteiger partial charge is 0.497 e. The van der Waals surface area contributed by atoms with Crippen LogP contribution in [0.1, 0.15) is 37.9 Å². The van der Waals surface area contributed by atoms with Gasteiger partial charge in [-0.25, -0.2) is 14.6 Å². The lowest BCUT2D eigenvalue weighted by molar-refractivity contribution is 0.280. The van der Waals surface area contributed by atoms with Crippen LogP contribution in [0.2, 0.25) is 0 Å². The van der Waals surface area contributed by atoms with Crippen LogP contribution in [-0.2, 0) is 6.54 Å². The molecule has 0 spiro atoms. The number of benzene rings is 1. The van der Waals surface area contributed by atoms with E-state index in [2.05, 4.69) is 40.7 Å². The summed E-state index contributed by atoms with van der Waals surface area (Å²) in [6, 6.07) is 4.42. The Morgan fingerprint density at radius 3 is 2.80 bits per heavy atom. The molecule has 0 bridgehead atoms. The number of nitrogens with one attached hydrogen (secondary N) is 2. The first kappa shape index (κ1) is 22.0. The molecule has 3 aromatic heterocycles. The van der Waals surface area contributed by atoms with Crippen molar-refractivity contribution in [1.82, 2.24) is 40.5 Å². The summed E-state index contributed by atoms with van der Waals surface area (Å²) >= 11 is 0. The highest BCUT2D eigenvalue weighted by atomic mass is 16.5. The first-order valence-electron chi connectivity index (χ1n) is 12.5. The Morgan fingerprint density at radius 2 is 2.00 bits per heavy atom. The van der Waals surface area contributed by atoms with Crippen LogP contribution in [0.15, 0.2) is 36.9 Å². The van der Waals surface area contributed by atoms with Gasteiger partial charge in [-0.15, -0.1) is 5.10 Å². The summed E-state index contributed by atoms with van der Waals surface area (Å²) in [5.41, 5.74) is 3.65. The van der Waals surface area contributed by atoms with Crippen molar-refractivity contribution in [3.63, 3.8) is 0 Å². The molecular weight excluding hydrogens is 442 g/mol. The third kappa shape index (κ3) is 4.70. The Hall–Kier alpha value is -3.53. The van der Waals surface area contributed by atoms with Crippen LogP contribution < -0.4 is 15.0 Å². The van der Waals surface area contributed by atoms with Crippen LogP contribution in [0.5, 0.6) is 5.75 Å². The Morgan fingerprint density at radius 1 is 1.11 bits per heavy atom. The van der Waals surface area contributed by atoms with E-state index < -0.39 is 0 Å². The monoisotopic (exact) mass is 473 g/mol. The standard InChI is InChI=1S/C25H31N9O/c1-35-20-8-21(22-13-29-30-23(22)9-20)24-15-34(32-31-24)16-25-27-11-19(12-28-25)33-7-3-6-18(14-33)26-10-17-4-2-5-17/h8-9,11-13,15,17-18,26H,2-7,10,14,16H2,1H3,(H,29,30). The number of H-pyrrole nitrogens is 1. The van der Waals surface area contributed by atoms with Gasteiger partial charge in [-0.05, 0) is 44.2 Å². The number of piperidine rings is 1. The molecule has 10 nitrogen and oxygen atoms in total. The van der Waals surface area contributed by atoms with Gasteiger partial charge < -0.3 is 15.0 Å². The highest BCUT2D eigenvalue weighted by Gasteiger charge is 2.23. The normalized spacial score (nSPS) is 18.7. The fraction of sp³-hybridized carbons (Fsp3) is 0.480. The number of rotatable bonds is 8. The minimum Gasteiger partial charge on any atom is -0.497 e. The molecular formula is C25H31N9O. The summed E-state index contributed by atoms with van der Waals surface area (Å²) < 4.78 is 7.19. The van der Waals surface area contributed by atoms with Gasteiger partial charge in [-0.1, -0.05) is 11.6 Å². The van der Waals surface area contributed by atoms with E-state index in [0.717, 1.165) is 59.1 Å². The third-order valence-electron chi connectivity index (χ3n) is 7.28. The lowest BCUT2D eigenvalue weighted by Gasteiger charge is -2.36. The number of ether oxygens (including phenoxy) is 1. The van der Waals surface area contributed by atoms with Crippen LogP contribution in [-0.4, -0.2) is 67.9 Å². The first-order valence-corrected chi connectivity index (χ1v) is 12.5. The molecule has 35 heavy (non-hydrogen) atoms. The summed E-state index contributed by atoms with van der Waals surface area (Å²) in [7, 11) is 1.65. The lowest BCUT2D eigenvalue weighted by Crippen LogP contribution is -2.47. The molecule has 6 rings (SSSR count). The number of hydrogen-bond donors (Lipinski definition) is 2. The molecule has 0 amide bonds. The fourth-order valence-electron chi connectivity index (χ4n) is 5.00. The Balaban J connectivity index is 1.11. The molecule has 182 valence electrons. The molecule has 1 saturated carbocycles. The Bertz CT molecular complexity index is 1280. The van der Waals surface area contributed by atoms with E-state index in [1.54, 1.807) is 18.0 Å². The van der Waals surface area contributed by atoms with Crippen molar-refractivity contribution in [2.75, 3.05) is 31.6 Å². The van der Waals surface area contributed by atoms with E-state index in [1.807, 2.05) is 30.7 Å². The molecule has 1 aliphatic heterocycles. The summed E-state index contributed by atoms with van der Waals surface area (Å²) in [5.74, 6) is 2.34. The van der Waals surface area contributed by atoms with Crippen LogP contribution in [0.4, 0.5) is 5.69 Å². The number of nitrogens with zero attached hydrogens (tertiary/aromatic N) is 7. The van der Waals surface area contributed by atoms with Crippen LogP contribution in [0.3, 0.4) is 0 Å². The first-order chi connectivity index (χ1) is 17.2. The Labute approximate surface area is 204 Å². The van der Waals surface area contributed by atoms with Crippen molar-refractivity contribution in [3.05, 3.63) is 42.7 Å². The van der Waals surface area contributed by atoms with Gasteiger partial charge in [-0.3, -0.25) is 5.10 Å². The number of methoxy groups -OCH3 is 1. The number of aromatic amines is 1. The maximum absolute atomic E-state index is 5.43. The van der Waals surface area contributed by atoms with Gasteiger partial charge in [0, 0.05) is 36.1 Å². The van der Waals surface area contributed by atoms with E-state index in [-0.39, 0.29) is 0 Å². The smallest absolute Gasteiger partial charge is 0.149 e. The SMILES string of the molecule is COc1cc(-c2cn(Cc3ncc(N4CCCC(NCC5CCC5)C4)cn3)nn2)c2cn[nH]c2c1. The van der Waals surface area contributed by atoms with Gasteiger partial charge in [0.05, 0.1) is 43.1 Å². The highest BCUT2D eigenvalue weighted by Crippen LogP contribution is 2.31. The zero-order valence-electron chi connectivity index (χ0n) is 20.0. The fourth-order valence-corrected chi connectivity index (χ4v) is 5.00. The van der Waals surface area contributed by atoms with Gasteiger partial charge in [0.2, 0.25) is 0 Å². The van der Waals surface area contributed by atoms with Crippen LogP contribution in [0, 0.1) is 5.92 Å². The van der Waals surface area contributed by atoms with Crippen molar-refractivity contribution >= 4 is 16.6 Å². The quantitative estimate of drug-likeness (QED) is 0.402. The second-order valence-corrected chi connectivity index (χ2v) is 9.66. The zero-order chi connectivity index (χ0) is 23.6. The van der Waals surface area contributed by atoms with Crippen molar-refractivity contribution < 1.29 is 4.74 Å². The van der Waals surface area contributed by atoms with Crippen molar-refractivity contribution in [2.45, 2.75) is 44.7 Å². The van der Waals surface area contributed by atoms with Gasteiger partial charge in [-0.2, -0.15) is 5.10 Å². The summed E-state index contributed by atoms with van der Waals surface area (Å²) in [5, 5.41) is 20.6. The predicted octanol–water partition coefficient (Wildman–Crippen LogP) is 3.03. The second kappa shape index (κ2) is 9.61.